The average molecular weight is 683 g/mol. The molecule has 0 unspecified atom stereocenters. The van der Waals surface area contributed by atoms with Crippen molar-refractivity contribution in [2.75, 3.05) is 5.32 Å². The summed E-state index contributed by atoms with van der Waals surface area (Å²) >= 11 is 0. The molecule has 0 saturated carbocycles. The third-order valence-corrected chi connectivity index (χ3v) is 10.0. The Morgan fingerprint density at radius 3 is 2.08 bits per heavy atom. The minimum atomic E-state index is -0.366. The number of anilines is 2. The van der Waals surface area contributed by atoms with Crippen LogP contribution in [0.15, 0.2) is 199 Å². The molecule has 1 atom stereocenters. The molecule has 0 amide bonds. The maximum Gasteiger partial charge on any atom is 0.0728 e. The second kappa shape index (κ2) is 14.1. The molecule has 0 aliphatic heterocycles. The maximum absolute atomic E-state index is 6.97. The van der Waals surface area contributed by atoms with Crippen LogP contribution >= 0.6 is 0 Å². The van der Waals surface area contributed by atoms with Gasteiger partial charge in [-0.3, -0.25) is 4.99 Å². The van der Waals surface area contributed by atoms with Gasteiger partial charge in [0.05, 0.1) is 29.3 Å². The van der Waals surface area contributed by atoms with E-state index in [2.05, 4.69) is 186 Å². The molecule has 0 aliphatic rings. The number of nitrogens with two attached hydrogens (primary N) is 1. The Kier molecular flexibility index (Phi) is 8.56. The summed E-state index contributed by atoms with van der Waals surface area (Å²) in [4.78, 5) is 5.23. The number of nitrogens with one attached hydrogen (secondary N) is 1. The van der Waals surface area contributed by atoms with Crippen molar-refractivity contribution in [2.45, 2.75) is 12.6 Å². The lowest BCUT2D eigenvalue weighted by Crippen LogP contribution is -2.23. The van der Waals surface area contributed by atoms with E-state index in [-0.39, 0.29) is 6.04 Å². The van der Waals surface area contributed by atoms with E-state index >= 15 is 0 Å². The summed E-state index contributed by atoms with van der Waals surface area (Å²) < 4.78 is 2.36. The van der Waals surface area contributed by atoms with Crippen molar-refractivity contribution in [2.24, 2.45) is 10.7 Å². The van der Waals surface area contributed by atoms with Gasteiger partial charge in [-0.05, 0) is 81.6 Å². The molecular formula is C49H38N4. The van der Waals surface area contributed by atoms with Crippen LogP contribution in [0.5, 0.6) is 0 Å². The summed E-state index contributed by atoms with van der Waals surface area (Å²) in [5.41, 5.74) is 18.8. The Hall–Kier alpha value is -6.75. The molecule has 9 aromatic rings. The number of aliphatic imine (C=N–C) groups is 1. The van der Waals surface area contributed by atoms with Crippen LogP contribution in [0.25, 0.3) is 49.4 Å². The maximum atomic E-state index is 6.97. The third kappa shape index (κ3) is 6.37. The number of rotatable bonds is 9. The van der Waals surface area contributed by atoms with Crippen molar-refractivity contribution < 1.29 is 0 Å². The Morgan fingerprint density at radius 2 is 1.26 bits per heavy atom. The van der Waals surface area contributed by atoms with E-state index in [4.69, 9.17) is 10.7 Å². The molecule has 0 aliphatic carbocycles. The van der Waals surface area contributed by atoms with Gasteiger partial charge in [0.2, 0.25) is 0 Å². The highest BCUT2D eigenvalue weighted by Crippen LogP contribution is 2.40. The van der Waals surface area contributed by atoms with Crippen LogP contribution in [0.2, 0.25) is 0 Å². The summed E-state index contributed by atoms with van der Waals surface area (Å²) in [7, 11) is 0. The van der Waals surface area contributed by atoms with Gasteiger partial charge in [0.15, 0.2) is 0 Å². The first-order valence-electron chi connectivity index (χ1n) is 18.1. The quantitative estimate of drug-likeness (QED) is 0.149. The topological polar surface area (TPSA) is 55.3 Å². The van der Waals surface area contributed by atoms with E-state index < -0.39 is 0 Å². The molecule has 53 heavy (non-hydrogen) atoms. The summed E-state index contributed by atoms with van der Waals surface area (Å²) in [6.45, 7) is 0.491. The van der Waals surface area contributed by atoms with Crippen molar-refractivity contribution in [3.8, 4) is 16.8 Å². The molecule has 254 valence electrons. The molecule has 0 bridgehead atoms. The number of hydrogen-bond acceptors (Lipinski definition) is 3. The molecular weight excluding hydrogens is 645 g/mol. The van der Waals surface area contributed by atoms with Crippen molar-refractivity contribution in [3.05, 3.63) is 211 Å². The van der Waals surface area contributed by atoms with Crippen LogP contribution in [-0.2, 0) is 6.54 Å². The Balaban J connectivity index is 1.12. The molecule has 4 nitrogen and oxygen atoms in total. The zero-order valence-corrected chi connectivity index (χ0v) is 29.2. The van der Waals surface area contributed by atoms with Gasteiger partial charge >= 0.3 is 0 Å². The molecule has 0 radical (unpaired) electrons. The number of aromatic nitrogens is 1. The number of para-hydroxylation sites is 2. The third-order valence-electron chi connectivity index (χ3n) is 10.0. The molecule has 1 aromatic heterocycles. The van der Waals surface area contributed by atoms with Gasteiger partial charge in [-0.15, -0.1) is 0 Å². The fourth-order valence-corrected chi connectivity index (χ4v) is 7.45. The summed E-state index contributed by atoms with van der Waals surface area (Å²) in [6, 6.07) is 67.8. The van der Waals surface area contributed by atoms with Crippen LogP contribution in [0.3, 0.4) is 0 Å². The first-order valence-corrected chi connectivity index (χ1v) is 18.1. The van der Waals surface area contributed by atoms with Crippen LogP contribution in [-0.4, -0.2) is 10.3 Å². The monoisotopic (exact) mass is 682 g/mol. The Bertz CT molecular complexity index is 2730. The smallest absolute Gasteiger partial charge is 0.0728 e. The van der Waals surface area contributed by atoms with Crippen molar-refractivity contribution >= 4 is 49.7 Å². The molecule has 0 spiro atoms. The zero-order valence-electron chi connectivity index (χ0n) is 29.2. The standard InChI is InChI=1S/C49H38N4/c50-48(37-19-6-2-7-20-37)49(39-28-27-35-16-10-11-21-38(35)30-39)51-33-34-15-14-22-40(29-34)52-45-32-47-44(31-43(45)36-17-4-1-5-18-36)42-25-12-13-26-46(42)53(47)41-23-8-3-9-24-41/h1-32,48,52H,33,50H2/b51-49-/t48-/m1/s1. The molecule has 0 fully saturated rings. The minimum absolute atomic E-state index is 0.366. The zero-order chi connectivity index (χ0) is 35.6. The van der Waals surface area contributed by atoms with Crippen molar-refractivity contribution in [1.82, 2.24) is 4.57 Å². The van der Waals surface area contributed by atoms with Gasteiger partial charge in [0.1, 0.15) is 0 Å². The van der Waals surface area contributed by atoms with Gasteiger partial charge in [-0.2, -0.15) is 0 Å². The highest BCUT2D eigenvalue weighted by molar-refractivity contribution is 6.12. The van der Waals surface area contributed by atoms with Crippen molar-refractivity contribution in [3.63, 3.8) is 0 Å². The number of benzene rings is 8. The molecule has 3 N–H and O–H groups in total. The summed E-state index contributed by atoms with van der Waals surface area (Å²) in [6.07, 6.45) is 0. The lowest BCUT2D eigenvalue weighted by Gasteiger charge is -2.17. The SMILES string of the molecule is N[C@@H](/C(=N\Cc1cccc(Nc2cc3c(cc2-c2ccccc2)c2ccccc2n3-c2ccccc2)c1)c1ccc2ccccc2c1)c1ccccc1. The first kappa shape index (κ1) is 32.2. The van der Waals surface area contributed by atoms with Gasteiger partial charge < -0.3 is 15.6 Å². The molecule has 4 heteroatoms. The van der Waals surface area contributed by atoms with E-state index in [1.165, 1.54) is 27.1 Å². The second-order valence-corrected chi connectivity index (χ2v) is 13.4. The van der Waals surface area contributed by atoms with Gasteiger partial charge in [-0.25, -0.2) is 0 Å². The van der Waals surface area contributed by atoms with E-state index in [1.807, 2.05) is 18.2 Å². The summed E-state index contributed by atoms with van der Waals surface area (Å²) in [5.74, 6) is 0. The normalized spacial score (nSPS) is 12.4. The lowest BCUT2D eigenvalue weighted by molar-refractivity contribution is 0.933. The minimum Gasteiger partial charge on any atom is -0.355 e. The molecule has 9 rings (SSSR count). The van der Waals surface area contributed by atoms with Crippen LogP contribution in [0.1, 0.15) is 22.7 Å². The Labute approximate surface area is 309 Å². The van der Waals surface area contributed by atoms with Crippen molar-refractivity contribution in [1.29, 1.82) is 0 Å². The van der Waals surface area contributed by atoms with Crippen LogP contribution < -0.4 is 11.1 Å². The predicted octanol–water partition coefficient (Wildman–Crippen LogP) is 12.0. The fourth-order valence-electron chi connectivity index (χ4n) is 7.45. The highest BCUT2D eigenvalue weighted by Gasteiger charge is 2.18. The van der Waals surface area contributed by atoms with E-state index in [0.29, 0.717) is 6.54 Å². The molecule has 0 saturated heterocycles. The Morgan fingerprint density at radius 1 is 0.566 bits per heavy atom. The van der Waals surface area contributed by atoms with E-state index in [0.717, 1.165) is 56.1 Å². The number of hydrogen-bond donors (Lipinski definition) is 2. The van der Waals surface area contributed by atoms with Gasteiger partial charge in [-0.1, -0.05) is 146 Å². The average Bonchev–Trinajstić information content (AvgIpc) is 3.54. The van der Waals surface area contributed by atoms with Crippen LogP contribution in [0, 0.1) is 0 Å². The largest absolute Gasteiger partial charge is 0.355 e. The van der Waals surface area contributed by atoms with Gasteiger partial charge in [0, 0.05) is 33.4 Å². The number of fused-ring (bicyclic) bond motifs is 4. The van der Waals surface area contributed by atoms with E-state index in [9.17, 15) is 0 Å². The first-order chi connectivity index (χ1) is 26.2. The fraction of sp³-hybridized carbons (Fsp3) is 0.0408. The lowest BCUT2D eigenvalue weighted by atomic mass is 9.95. The second-order valence-electron chi connectivity index (χ2n) is 13.4. The molecule has 8 aromatic carbocycles. The van der Waals surface area contributed by atoms with Gasteiger partial charge in [0.25, 0.3) is 0 Å². The van der Waals surface area contributed by atoms with E-state index in [1.54, 1.807) is 0 Å². The van der Waals surface area contributed by atoms with Crippen LogP contribution in [0.4, 0.5) is 11.4 Å². The highest BCUT2D eigenvalue weighted by atomic mass is 15.0. The summed E-state index contributed by atoms with van der Waals surface area (Å²) in [5, 5.41) is 8.63. The number of nitrogens with zero attached hydrogens (tertiary/aromatic N) is 2. The predicted molar refractivity (Wildman–Crippen MR) is 224 cm³/mol. The molecule has 1 heterocycles.